The van der Waals surface area contributed by atoms with E-state index >= 15 is 0 Å². The third-order valence-corrected chi connectivity index (χ3v) is 6.35. The normalized spacial score (nSPS) is 31.1. The monoisotopic (exact) mass is 405 g/mol. The van der Waals surface area contributed by atoms with Crippen LogP contribution in [0.4, 0.5) is 5.69 Å². The summed E-state index contributed by atoms with van der Waals surface area (Å²) in [4.78, 5) is 41.0. The molecule has 0 unspecified atom stereocenters. The second-order valence-corrected chi connectivity index (χ2v) is 8.54. The first-order valence-electron chi connectivity index (χ1n) is 9.55. The van der Waals surface area contributed by atoms with Gasteiger partial charge in [-0.05, 0) is 18.4 Å². The molecule has 1 aromatic carbocycles. The van der Waals surface area contributed by atoms with Gasteiger partial charge in [0.25, 0.3) is 0 Å². The Labute approximate surface area is 168 Å². The average Bonchev–Trinajstić information content (AvgIpc) is 3.20. The zero-order valence-electron chi connectivity index (χ0n) is 16.1. The maximum absolute atomic E-state index is 13.3. The number of methoxy groups -OCH3 is 1. The van der Waals surface area contributed by atoms with Crippen molar-refractivity contribution in [1.29, 1.82) is 0 Å². The lowest BCUT2D eigenvalue weighted by Gasteiger charge is -2.29. The van der Waals surface area contributed by atoms with Crippen LogP contribution >= 0.6 is 11.6 Å². The summed E-state index contributed by atoms with van der Waals surface area (Å²) in [7, 11) is 1.53. The van der Waals surface area contributed by atoms with E-state index in [0.29, 0.717) is 28.6 Å². The van der Waals surface area contributed by atoms with Crippen LogP contribution in [0.3, 0.4) is 0 Å². The number of amides is 3. The SMILES string of the molecule is COCCN1C(=O)[C@H]2[C@@H](C1=O)[C@@]1(N[C@@H]2CC(C)C)C(=O)Nc2c(Cl)cccc21. The summed E-state index contributed by atoms with van der Waals surface area (Å²) in [6.07, 6.45) is 0.684. The van der Waals surface area contributed by atoms with Crippen LogP contribution in [-0.4, -0.2) is 48.9 Å². The van der Waals surface area contributed by atoms with E-state index in [1.165, 1.54) is 12.0 Å². The molecule has 3 amide bonds. The van der Waals surface area contributed by atoms with Gasteiger partial charge < -0.3 is 10.1 Å². The molecule has 3 aliphatic rings. The smallest absolute Gasteiger partial charge is 0.250 e. The highest BCUT2D eigenvalue weighted by Crippen LogP contribution is 2.54. The molecule has 2 saturated heterocycles. The number of nitrogens with one attached hydrogen (secondary N) is 2. The first kappa shape index (κ1) is 19.4. The van der Waals surface area contributed by atoms with E-state index in [1.807, 2.05) is 0 Å². The van der Waals surface area contributed by atoms with E-state index in [9.17, 15) is 14.4 Å². The molecule has 0 bridgehead atoms. The van der Waals surface area contributed by atoms with Gasteiger partial charge in [0.1, 0.15) is 5.54 Å². The van der Waals surface area contributed by atoms with Crippen molar-refractivity contribution in [2.45, 2.75) is 31.8 Å². The van der Waals surface area contributed by atoms with Crippen molar-refractivity contribution in [3.8, 4) is 0 Å². The summed E-state index contributed by atoms with van der Waals surface area (Å²) < 4.78 is 5.07. The number of fused-ring (bicyclic) bond motifs is 4. The maximum Gasteiger partial charge on any atom is 0.250 e. The maximum atomic E-state index is 13.3. The zero-order valence-corrected chi connectivity index (χ0v) is 16.9. The molecule has 2 fully saturated rings. The fourth-order valence-electron chi connectivity index (χ4n) is 4.97. The number of carbonyl (C=O) groups is 3. The van der Waals surface area contributed by atoms with Crippen LogP contribution in [0.15, 0.2) is 18.2 Å². The summed E-state index contributed by atoms with van der Waals surface area (Å²) in [5, 5.41) is 6.66. The minimum absolute atomic E-state index is 0.190. The molecular weight excluding hydrogens is 382 g/mol. The Balaban J connectivity index is 1.84. The van der Waals surface area contributed by atoms with Crippen LogP contribution in [0.1, 0.15) is 25.8 Å². The Morgan fingerprint density at radius 1 is 1.25 bits per heavy atom. The topological polar surface area (TPSA) is 87.7 Å². The number of carbonyl (C=O) groups excluding carboxylic acids is 3. The number of imide groups is 1. The number of hydrogen-bond donors (Lipinski definition) is 2. The van der Waals surface area contributed by atoms with Crippen LogP contribution in [-0.2, 0) is 24.7 Å². The minimum Gasteiger partial charge on any atom is -0.383 e. The van der Waals surface area contributed by atoms with E-state index in [2.05, 4.69) is 24.5 Å². The van der Waals surface area contributed by atoms with Crippen molar-refractivity contribution < 1.29 is 19.1 Å². The third-order valence-electron chi connectivity index (χ3n) is 6.03. The van der Waals surface area contributed by atoms with E-state index in [4.69, 9.17) is 16.3 Å². The number of para-hydroxylation sites is 1. The van der Waals surface area contributed by atoms with Gasteiger partial charge in [-0.3, -0.25) is 24.6 Å². The van der Waals surface area contributed by atoms with E-state index in [0.717, 1.165) is 0 Å². The predicted octanol–water partition coefficient (Wildman–Crippen LogP) is 1.75. The molecule has 4 atom stereocenters. The molecule has 0 saturated carbocycles. The Hall–Kier alpha value is -1.96. The highest BCUT2D eigenvalue weighted by atomic mass is 35.5. The zero-order chi connectivity index (χ0) is 20.2. The van der Waals surface area contributed by atoms with Gasteiger partial charge in [0.15, 0.2) is 0 Å². The van der Waals surface area contributed by atoms with Crippen molar-refractivity contribution >= 4 is 35.0 Å². The highest BCUT2D eigenvalue weighted by Gasteiger charge is 2.70. The fraction of sp³-hybridized carbons (Fsp3) is 0.550. The Kier molecular flexibility index (Phi) is 4.72. The molecule has 28 heavy (non-hydrogen) atoms. The molecule has 7 nitrogen and oxygen atoms in total. The molecule has 1 spiro atoms. The van der Waals surface area contributed by atoms with Crippen LogP contribution in [0.5, 0.6) is 0 Å². The molecule has 8 heteroatoms. The van der Waals surface area contributed by atoms with Gasteiger partial charge in [0, 0.05) is 18.7 Å². The van der Waals surface area contributed by atoms with E-state index in [-0.39, 0.29) is 36.9 Å². The lowest BCUT2D eigenvalue weighted by atomic mass is 9.76. The first-order chi connectivity index (χ1) is 13.3. The molecule has 150 valence electrons. The quantitative estimate of drug-likeness (QED) is 0.729. The Morgan fingerprint density at radius 3 is 2.68 bits per heavy atom. The number of benzene rings is 1. The second kappa shape index (κ2) is 6.83. The van der Waals surface area contributed by atoms with Crippen molar-refractivity contribution in [3.05, 3.63) is 28.8 Å². The average molecular weight is 406 g/mol. The molecule has 3 aliphatic heterocycles. The van der Waals surface area contributed by atoms with Gasteiger partial charge in [-0.25, -0.2) is 0 Å². The van der Waals surface area contributed by atoms with Gasteiger partial charge in [-0.15, -0.1) is 0 Å². The summed E-state index contributed by atoms with van der Waals surface area (Å²) in [5.74, 6) is -1.96. The molecular formula is C20H24ClN3O4. The minimum atomic E-state index is -1.28. The first-order valence-corrected chi connectivity index (χ1v) is 9.93. The standard InChI is InChI=1S/C20H24ClN3O4/c1-10(2)9-13-14-15(18(26)24(17(14)25)7-8-28-3)20(23-13)11-5-4-6-12(21)16(11)22-19(20)27/h4-6,10,13-15,23H,7-9H2,1-3H3,(H,22,27)/t13-,14-,15+,20-/m1/s1. The number of rotatable bonds is 5. The van der Waals surface area contributed by atoms with Crippen molar-refractivity contribution in [3.63, 3.8) is 0 Å². The predicted molar refractivity (Wildman–Crippen MR) is 104 cm³/mol. The van der Waals surface area contributed by atoms with Gasteiger partial charge in [0.2, 0.25) is 17.7 Å². The molecule has 2 N–H and O–H groups in total. The van der Waals surface area contributed by atoms with Gasteiger partial charge in [0.05, 0.1) is 35.7 Å². The summed E-state index contributed by atoms with van der Waals surface area (Å²) >= 11 is 6.30. The van der Waals surface area contributed by atoms with E-state index in [1.54, 1.807) is 18.2 Å². The summed E-state index contributed by atoms with van der Waals surface area (Å²) in [6.45, 7) is 4.58. The lowest BCUT2D eigenvalue weighted by Crippen LogP contribution is -2.53. The fourth-order valence-corrected chi connectivity index (χ4v) is 5.19. The highest BCUT2D eigenvalue weighted by molar-refractivity contribution is 6.35. The van der Waals surface area contributed by atoms with Crippen LogP contribution < -0.4 is 10.6 Å². The number of ether oxygens (including phenoxy) is 1. The molecule has 0 aliphatic carbocycles. The van der Waals surface area contributed by atoms with Gasteiger partial charge in [-0.1, -0.05) is 37.6 Å². The van der Waals surface area contributed by atoms with Gasteiger partial charge >= 0.3 is 0 Å². The molecule has 0 radical (unpaired) electrons. The lowest BCUT2D eigenvalue weighted by molar-refractivity contribution is -0.143. The van der Waals surface area contributed by atoms with Crippen molar-refractivity contribution in [2.75, 3.05) is 25.6 Å². The van der Waals surface area contributed by atoms with E-state index < -0.39 is 17.4 Å². The number of anilines is 1. The summed E-state index contributed by atoms with van der Waals surface area (Å²) in [6, 6.07) is 4.99. The second-order valence-electron chi connectivity index (χ2n) is 8.13. The van der Waals surface area contributed by atoms with Crippen LogP contribution in [0.2, 0.25) is 5.02 Å². The van der Waals surface area contributed by atoms with Gasteiger partial charge in [-0.2, -0.15) is 0 Å². The third kappa shape index (κ3) is 2.53. The number of hydrogen-bond acceptors (Lipinski definition) is 5. The number of halogens is 1. The Bertz CT molecular complexity index is 858. The van der Waals surface area contributed by atoms with Crippen LogP contribution in [0, 0.1) is 17.8 Å². The molecule has 4 rings (SSSR count). The van der Waals surface area contributed by atoms with Crippen molar-refractivity contribution in [2.24, 2.45) is 17.8 Å². The largest absolute Gasteiger partial charge is 0.383 e. The van der Waals surface area contributed by atoms with Crippen molar-refractivity contribution in [1.82, 2.24) is 10.2 Å². The molecule has 1 aromatic rings. The Morgan fingerprint density at radius 2 is 2.00 bits per heavy atom. The molecule has 0 aromatic heterocycles. The number of likely N-dealkylation sites (tertiary alicyclic amines) is 1. The van der Waals surface area contributed by atoms with Crippen LogP contribution in [0.25, 0.3) is 0 Å². The summed E-state index contributed by atoms with van der Waals surface area (Å²) in [5.41, 5.74) is -0.124. The number of nitrogens with zero attached hydrogens (tertiary/aromatic N) is 1. The molecule has 3 heterocycles.